The van der Waals surface area contributed by atoms with E-state index >= 15 is 0 Å². The summed E-state index contributed by atoms with van der Waals surface area (Å²) in [7, 11) is 0. The number of likely N-dealkylation sites (tertiary alicyclic amines) is 2. The van der Waals surface area contributed by atoms with Crippen LogP contribution in [0.25, 0.3) is 0 Å². The van der Waals surface area contributed by atoms with E-state index in [1.54, 1.807) is 0 Å². The number of carbonyl (C=O) groups excluding carboxylic acids is 1. The number of hydrogen-bond acceptors (Lipinski definition) is 3. The van der Waals surface area contributed by atoms with Crippen molar-refractivity contribution in [2.24, 2.45) is 17.8 Å². The molecule has 28 heavy (non-hydrogen) atoms. The highest BCUT2D eigenvalue weighted by atomic mass is 16.2. The Kier molecular flexibility index (Phi) is 6.69. The Morgan fingerprint density at radius 2 is 1.93 bits per heavy atom. The highest BCUT2D eigenvalue weighted by Gasteiger charge is 2.36. The quantitative estimate of drug-likeness (QED) is 0.816. The van der Waals surface area contributed by atoms with Crippen LogP contribution in [0.2, 0.25) is 0 Å². The van der Waals surface area contributed by atoms with Gasteiger partial charge in [0.1, 0.15) is 0 Å². The zero-order chi connectivity index (χ0) is 19.3. The predicted molar refractivity (Wildman–Crippen MR) is 114 cm³/mol. The molecule has 0 radical (unpaired) electrons. The van der Waals surface area contributed by atoms with Crippen molar-refractivity contribution in [3.05, 3.63) is 35.9 Å². The first-order valence-corrected chi connectivity index (χ1v) is 11.4. The van der Waals surface area contributed by atoms with Crippen LogP contribution in [-0.2, 0) is 11.3 Å². The van der Waals surface area contributed by atoms with Gasteiger partial charge < -0.3 is 10.2 Å². The summed E-state index contributed by atoms with van der Waals surface area (Å²) in [5.74, 6) is 2.70. The van der Waals surface area contributed by atoms with Gasteiger partial charge in [0.2, 0.25) is 5.91 Å². The van der Waals surface area contributed by atoms with E-state index in [1.165, 1.54) is 37.9 Å². The number of benzene rings is 1. The van der Waals surface area contributed by atoms with Crippen LogP contribution in [0.5, 0.6) is 0 Å². The Bertz CT molecular complexity index is 626. The zero-order valence-corrected chi connectivity index (χ0v) is 17.5. The molecule has 3 saturated heterocycles. The second-order valence-electron chi connectivity index (χ2n) is 9.51. The molecule has 0 spiro atoms. The van der Waals surface area contributed by atoms with Gasteiger partial charge in [-0.15, -0.1) is 0 Å². The van der Waals surface area contributed by atoms with E-state index in [2.05, 4.69) is 52.4 Å². The smallest absolute Gasteiger partial charge is 0.222 e. The van der Waals surface area contributed by atoms with Gasteiger partial charge in [0.15, 0.2) is 0 Å². The highest BCUT2D eigenvalue weighted by molar-refractivity contribution is 5.76. The number of hydrogen-bond donors (Lipinski definition) is 1. The van der Waals surface area contributed by atoms with Gasteiger partial charge in [-0.1, -0.05) is 37.3 Å². The van der Waals surface area contributed by atoms with E-state index in [9.17, 15) is 4.79 Å². The topological polar surface area (TPSA) is 35.6 Å². The second-order valence-corrected chi connectivity index (χ2v) is 9.51. The predicted octanol–water partition coefficient (Wildman–Crippen LogP) is 3.53. The molecule has 0 saturated carbocycles. The Labute approximate surface area is 170 Å². The van der Waals surface area contributed by atoms with E-state index in [1.807, 2.05) is 0 Å². The van der Waals surface area contributed by atoms with Crippen LogP contribution in [0.1, 0.15) is 51.0 Å². The average Bonchev–Trinajstić information content (AvgIpc) is 2.71. The molecule has 1 aromatic rings. The Morgan fingerprint density at radius 3 is 2.71 bits per heavy atom. The van der Waals surface area contributed by atoms with Gasteiger partial charge in [0.05, 0.1) is 0 Å². The Hall–Kier alpha value is -1.39. The normalized spacial score (nSPS) is 29.0. The number of amides is 1. The van der Waals surface area contributed by atoms with E-state index in [-0.39, 0.29) is 0 Å². The van der Waals surface area contributed by atoms with Crippen molar-refractivity contribution in [3.63, 3.8) is 0 Å². The molecule has 4 nitrogen and oxygen atoms in total. The van der Waals surface area contributed by atoms with Crippen LogP contribution in [0.15, 0.2) is 30.3 Å². The zero-order valence-electron chi connectivity index (χ0n) is 17.5. The lowest BCUT2D eigenvalue weighted by Gasteiger charge is -2.46. The molecule has 1 amide bonds. The first-order valence-electron chi connectivity index (χ1n) is 11.4. The van der Waals surface area contributed by atoms with Crippen LogP contribution >= 0.6 is 0 Å². The first kappa shape index (κ1) is 19.9. The molecule has 4 rings (SSSR count). The Morgan fingerprint density at radius 1 is 1.14 bits per heavy atom. The van der Waals surface area contributed by atoms with Gasteiger partial charge in [0.25, 0.3) is 0 Å². The highest BCUT2D eigenvalue weighted by Crippen LogP contribution is 2.31. The third-order valence-electron chi connectivity index (χ3n) is 7.17. The second kappa shape index (κ2) is 9.41. The molecule has 4 heteroatoms. The third-order valence-corrected chi connectivity index (χ3v) is 7.17. The molecule has 0 aliphatic carbocycles. The largest absolute Gasteiger partial charge is 0.343 e. The third kappa shape index (κ3) is 5.15. The van der Waals surface area contributed by atoms with Gasteiger partial charge in [-0.25, -0.2) is 0 Å². The van der Waals surface area contributed by atoms with E-state index in [4.69, 9.17) is 0 Å². The summed E-state index contributed by atoms with van der Waals surface area (Å²) in [5, 5.41) is 3.81. The number of nitrogens with zero attached hydrogens (tertiary/aromatic N) is 2. The number of rotatable bonds is 6. The van der Waals surface area contributed by atoms with Crippen molar-refractivity contribution in [2.75, 3.05) is 32.7 Å². The van der Waals surface area contributed by atoms with Crippen LogP contribution in [-0.4, -0.2) is 54.5 Å². The lowest BCUT2D eigenvalue weighted by atomic mass is 9.79. The molecule has 0 unspecified atom stereocenters. The standard InChI is InChI=1S/C24H37N3O/c1-19-10-12-27(13-11-19)24(28)9-5-8-23-22-14-21(15-25-23)17-26(18-22)16-20-6-3-2-4-7-20/h2-4,6-7,19,21-23,25H,5,8-18H2,1H3/t21-,22-,23+/m0/s1. The molecule has 3 aliphatic heterocycles. The van der Waals surface area contributed by atoms with Crippen molar-refractivity contribution in [1.82, 2.24) is 15.1 Å². The molecule has 3 heterocycles. The number of nitrogens with one attached hydrogen (secondary N) is 1. The molecule has 0 aromatic heterocycles. The van der Waals surface area contributed by atoms with E-state index in [0.29, 0.717) is 11.9 Å². The van der Waals surface area contributed by atoms with Gasteiger partial charge in [-0.3, -0.25) is 9.69 Å². The minimum atomic E-state index is 0.384. The molecule has 1 aromatic carbocycles. The van der Waals surface area contributed by atoms with Gasteiger partial charge in [-0.05, 0) is 62.0 Å². The fourth-order valence-corrected chi connectivity index (χ4v) is 5.47. The average molecular weight is 384 g/mol. The molecular weight excluding hydrogens is 346 g/mol. The van der Waals surface area contributed by atoms with Crippen molar-refractivity contribution in [1.29, 1.82) is 0 Å². The number of fused-ring (bicyclic) bond motifs is 2. The maximum absolute atomic E-state index is 12.5. The van der Waals surface area contributed by atoms with Crippen LogP contribution in [0.4, 0.5) is 0 Å². The summed E-state index contributed by atoms with van der Waals surface area (Å²) in [6.07, 6.45) is 6.62. The molecular formula is C24H37N3O. The summed E-state index contributed by atoms with van der Waals surface area (Å²) in [6.45, 7) is 8.88. The minimum Gasteiger partial charge on any atom is -0.343 e. The summed E-state index contributed by atoms with van der Waals surface area (Å²) in [4.78, 5) is 17.3. The molecule has 2 bridgehead atoms. The van der Waals surface area contributed by atoms with Crippen LogP contribution < -0.4 is 5.32 Å². The van der Waals surface area contributed by atoms with Crippen molar-refractivity contribution in [2.45, 2.75) is 58.0 Å². The molecule has 3 aliphatic rings. The minimum absolute atomic E-state index is 0.384. The van der Waals surface area contributed by atoms with Crippen LogP contribution in [0.3, 0.4) is 0 Å². The molecule has 154 valence electrons. The van der Waals surface area contributed by atoms with Gasteiger partial charge in [-0.2, -0.15) is 0 Å². The summed E-state index contributed by atoms with van der Waals surface area (Å²) < 4.78 is 0. The molecule has 1 N–H and O–H groups in total. The summed E-state index contributed by atoms with van der Waals surface area (Å²) in [6, 6.07) is 11.5. The SMILES string of the molecule is CC1CCN(C(=O)CCC[C@H]2NC[C@@H]3C[C@H]2CN(Cc2ccccc2)C3)CC1. The lowest BCUT2D eigenvalue weighted by molar-refractivity contribution is -0.132. The number of piperidine rings is 3. The summed E-state index contributed by atoms with van der Waals surface area (Å²) >= 11 is 0. The molecule has 3 atom stereocenters. The maximum Gasteiger partial charge on any atom is 0.222 e. The van der Waals surface area contributed by atoms with Crippen LogP contribution in [0, 0.1) is 17.8 Å². The fraction of sp³-hybridized carbons (Fsp3) is 0.708. The van der Waals surface area contributed by atoms with E-state index < -0.39 is 0 Å². The Balaban J connectivity index is 1.22. The fourth-order valence-electron chi connectivity index (χ4n) is 5.47. The van der Waals surface area contributed by atoms with Crippen molar-refractivity contribution < 1.29 is 4.79 Å². The van der Waals surface area contributed by atoms with Crippen molar-refractivity contribution in [3.8, 4) is 0 Å². The molecule has 3 fully saturated rings. The van der Waals surface area contributed by atoms with E-state index in [0.717, 1.165) is 63.2 Å². The van der Waals surface area contributed by atoms with Crippen molar-refractivity contribution >= 4 is 5.91 Å². The maximum atomic E-state index is 12.5. The monoisotopic (exact) mass is 383 g/mol. The van der Waals surface area contributed by atoms with Gasteiger partial charge in [0, 0.05) is 45.2 Å². The number of carbonyl (C=O) groups is 1. The lowest BCUT2D eigenvalue weighted by Crippen LogP contribution is -2.55. The van der Waals surface area contributed by atoms with Gasteiger partial charge >= 0.3 is 0 Å². The summed E-state index contributed by atoms with van der Waals surface area (Å²) in [5.41, 5.74) is 1.42. The first-order chi connectivity index (χ1) is 13.7.